The number of benzene rings is 2. The second-order valence-electron chi connectivity index (χ2n) is 7.43. The van der Waals surface area contributed by atoms with Crippen molar-refractivity contribution in [1.29, 1.82) is 0 Å². The Morgan fingerprint density at radius 2 is 1.71 bits per heavy atom. The summed E-state index contributed by atoms with van der Waals surface area (Å²) in [4.78, 5) is 12.8. The molecule has 150 valence electrons. The quantitative estimate of drug-likeness (QED) is 0.724. The molecule has 3 rings (SSSR count). The smallest absolute Gasteiger partial charge is 0.251 e. The average molecular weight is 401 g/mol. The van der Waals surface area contributed by atoms with Crippen molar-refractivity contribution >= 4 is 15.9 Å². The zero-order valence-corrected chi connectivity index (χ0v) is 17.4. The van der Waals surface area contributed by atoms with E-state index in [-0.39, 0.29) is 10.8 Å². The molecule has 0 unspecified atom stereocenters. The Labute approximate surface area is 167 Å². The maximum atomic E-state index is 12.8. The maximum Gasteiger partial charge on any atom is 0.251 e. The van der Waals surface area contributed by atoms with Gasteiger partial charge in [0.15, 0.2) is 0 Å². The molecule has 1 amide bonds. The van der Waals surface area contributed by atoms with E-state index in [4.69, 9.17) is 0 Å². The van der Waals surface area contributed by atoms with Crippen molar-refractivity contribution in [3.05, 3.63) is 64.7 Å². The molecular weight excluding hydrogens is 372 g/mol. The standard InChI is InChI=1S/C22H28N2O3S/c1-17-7-10-19(11-8-17)6-5-13-23-22(25)21-16-20(12-9-18(21)2)28(26,27)24-14-3-4-15-24/h7-12,16H,3-6,13-15H2,1-2H3,(H,23,25). The second kappa shape index (κ2) is 8.88. The Kier molecular flexibility index (Phi) is 6.52. The predicted octanol–water partition coefficient (Wildman–Crippen LogP) is 3.45. The minimum Gasteiger partial charge on any atom is -0.352 e. The zero-order valence-electron chi connectivity index (χ0n) is 16.6. The van der Waals surface area contributed by atoms with Gasteiger partial charge in [-0.15, -0.1) is 0 Å². The van der Waals surface area contributed by atoms with Gasteiger partial charge in [0.2, 0.25) is 10.0 Å². The molecule has 0 radical (unpaired) electrons. The Bertz CT molecular complexity index is 931. The van der Waals surface area contributed by atoms with Gasteiger partial charge in [-0.3, -0.25) is 4.79 Å². The van der Waals surface area contributed by atoms with Crippen molar-refractivity contribution in [2.75, 3.05) is 19.6 Å². The molecule has 1 heterocycles. The number of carbonyl (C=O) groups is 1. The van der Waals surface area contributed by atoms with E-state index in [0.29, 0.717) is 25.2 Å². The summed E-state index contributed by atoms with van der Waals surface area (Å²) < 4.78 is 27.0. The molecule has 0 aromatic heterocycles. The molecule has 1 aliphatic rings. The van der Waals surface area contributed by atoms with Gasteiger partial charge in [0.25, 0.3) is 5.91 Å². The Morgan fingerprint density at radius 1 is 1.04 bits per heavy atom. The van der Waals surface area contributed by atoms with Crippen molar-refractivity contribution in [3.63, 3.8) is 0 Å². The van der Waals surface area contributed by atoms with Crippen LogP contribution in [0.15, 0.2) is 47.4 Å². The fraction of sp³-hybridized carbons (Fsp3) is 0.409. The van der Waals surface area contributed by atoms with Gasteiger partial charge in [-0.2, -0.15) is 4.31 Å². The topological polar surface area (TPSA) is 66.5 Å². The lowest BCUT2D eigenvalue weighted by Crippen LogP contribution is -2.29. The van der Waals surface area contributed by atoms with Crippen LogP contribution in [0.3, 0.4) is 0 Å². The van der Waals surface area contributed by atoms with Gasteiger partial charge in [-0.05, 0) is 62.8 Å². The summed E-state index contributed by atoms with van der Waals surface area (Å²) in [6, 6.07) is 13.2. The molecule has 0 aliphatic carbocycles. The van der Waals surface area contributed by atoms with Crippen LogP contribution in [-0.4, -0.2) is 38.3 Å². The molecule has 2 aromatic rings. The molecule has 1 fully saturated rings. The van der Waals surface area contributed by atoms with E-state index < -0.39 is 10.0 Å². The lowest BCUT2D eigenvalue weighted by Gasteiger charge is -2.17. The van der Waals surface area contributed by atoms with Crippen LogP contribution in [0.5, 0.6) is 0 Å². The molecule has 6 heteroatoms. The molecule has 1 aliphatic heterocycles. The third kappa shape index (κ3) is 4.80. The van der Waals surface area contributed by atoms with Gasteiger partial charge < -0.3 is 5.32 Å². The first kappa shape index (κ1) is 20.6. The van der Waals surface area contributed by atoms with Crippen LogP contribution in [0, 0.1) is 13.8 Å². The monoisotopic (exact) mass is 400 g/mol. The largest absolute Gasteiger partial charge is 0.352 e. The number of sulfonamides is 1. The molecule has 0 saturated carbocycles. The molecule has 0 bridgehead atoms. The molecule has 2 aromatic carbocycles. The fourth-order valence-corrected chi connectivity index (χ4v) is 4.97. The first-order valence-electron chi connectivity index (χ1n) is 9.82. The van der Waals surface area contributed by atoms with Gasteiger partial charge >= 0.3 is 0 Å². The lowest BCUT2D eigenvalue weighted by molar-refractivity contribution is 0.0952. The molecule has 1 N–H and O–H groups in total. The first-order chi connectivity index (χ1) is 13.4. The van der Waals surface area contributed by atoms with Crippen molar-refractivity contribution < 1.29 is 13.2 Å². The van der Waals surface area contributed by atoms with Crippen molar-refractivity contribution in [1.82, 2.24) is 9.62 Å². The number of rotatable bonds is 7. The van der Waals surface area contributed by atoms with Crippen LogP contribution < -0.4 is 5.32 Å². The Balaban J connectivity index is 1.62. The summed E-state index contributed by atoms with van der Waals surface area (Å²) in [5.41, 5.74) is 3.68. The number of hydrogen-bond donors (Lipinski definition) is 1. The number of carbonyl (C=O) groups excluding carboxylic acids is 1. The lowest BCUT2D eigenvalue weighted by atomic mass is 10.1. The van der Waals surface area contributed by atoms with Crippen LogP contribution in [-0.2, 0) is 16.4 Å². The molecule has 0 spiro atoms. The van der Waals surface area contributed by atoms with E-state index in [0.717, 1.165) is 31.2 Å². The Hall–Kier alpha value is -2.18. The maximum absolute atomic E-state index is 12.8. The summed E-state index contributed by atoms with van der Waals surface area (Å²) >= 11 is 0. The molecule has 5 nitrogen and oxygen atoms in total. The van der Waals surface area contributed by atoms with Gasteiger partial charge in [-0.25, -0.2) is 8.42 Å². The summed E-state index contributed by atoms with van der Waals surface area (Å²) in [5, 5.41) is 2.92. The zero-order chi connectivity index (χ0) is 20.1. The van der Waals surface area contributed by atoms with E-state index in [1.807, 2.05) is 6.92 Å². The highest BCUT2D eigenvalue weighted by molar-refractivity contribution is 7.89. The number of nitrogens with zero attached hydrogens (tertiary/aromatic N) is 1. The minimum absolute atomic E-state index is 0.199. The van der Waals surface area contributed by atoms with E-state index >= 15 is 0 Å². The van der Waals surface area contributed by atoms with Gasteiger partial charge in [0.05, 0.1) is 4.90 Å². The average Bonchev–Trinajstić information content (AvgIpc) is 3.22. The number of hydrogen-bond acceptors (Lipinski definition) is 3. The van der Waals surface area contributed by atoms with Gasteiger partial charge in [-0.1, -0.05) is 35.9 Å². The summed E-state index contributed by atoms with van der Waals surface area (Å²) in [5.74, 6) is -0.222. The van der Waals surface area contributed by atoms with E-state index in [1.54, 1.807) is 12.1 Å². The van der Waals surface area contributed by atoms with Crippen molar-refractivity contribution in [3.8, 4) is 0 Å². The van der Waals surface area contributed by atoms with Crippen LogP contribution in [0.1, 0.15) is 46.3 Å². The predicted molar refractivity (Wildman–Crippen MR) is 111 cm³/mol. The summed E-state index contributed by atoms with van der Waals surface area (Å²) in [7, 11) is -3.52. The molecular formula is C22H28N2O3S. The molecule has 28 heavy (non-hydrogen) atoms. The van der Waals surface area contributed by atoms with Gasteiger partial charge in [0.1, 0.15) is 0 Å². The fourth-order valence-electron chi connectivity index (χ4n) is 3.43. The highest BCUT2D eigenvalue weighted by Gasteiger charge is 2.28. The van der Waals surface area contributed by atoms with Crippen molar-refractivity contribution in [2.45, 2.75) is 44.4 Å². The molecule has 1 saturated heterocycles. The first-order valence-corrected chi connectivity index (χ1v) is 11.3. The number of nitrogens with one attached hydrogen (secondary N) is 1. The summed E-state index contributed by atoms with van der Waals surface area (Å²) in [6.45, 7) is 5.54. The number of amides is 1. The number of aryl methyl sites for hydroxylation is 3. The van der Waals surface area contributed by atoms with Crippen LogP contribution in [0.25, 0.3) is 0 Å². The second-order valence-corrected chi connectivity index (χ2v) is 9.37. The minimum atomic E-state index is -3.52. The van der Waals surface area contributed by atoms with E-state index in [1.165, 1.54) is 21.5 Å². The SMILES string of the molecule is Cc1ccc(CCCNC(=O)c2cc(S(=O)(=O)N3CCCC3)ccc2C)cc1. The van der Waals surface area contributed by atoms with Crippen molar-refractivity contribution in [2.24, 2.45) is 0 Å². The third-order valence-corrected chi connectivity index (χ3v) is 7.10. The Morgan fingerprint density at radius 3 is 2.39 bits per heavy atom. The van der Waals surface area contributed by atoms with E-state index in [9.17, 15) is 13.2 Å². The van der Waals surface area contributed by atoms with E-state index in [2.05, 4.69) is 36.5 Å². The van der Waals surface area contributed by atoms with Crippen LogP contribution >= 0.6 is 0 Å². The highest BCUT2D eigenvalue weighted by Crippen LogP contribution is 2.23. The molecule has 0 atom stereocenters. The summed E-state index contributed by atoms with van der Waals surface area (Å²) in [6.07, 6.45) is 3.50. The normalized spacial score (nSPS) is 14.9. The third-order valence-electron chi connectivity index (χ3n) is 5.20. The van der Waals surface area contributed by atoms with Gasteiger partial charge in [0, 0.05) is 25.2 Å². The highest BCUT2D eigenvalue weighted by atomic mass is 32.2. The van der Waals surface area contributed by atoms with Crippen LogP contribution in [0.2, 0.25) is 0 Å². The van der Waals surface area contributed by atoms with Crippen LogP contribution in [0.4, 0.5) is 0 Å².